The summed E-state index contributed by atoms with van der Waals surface area (Å²) < 4.78 is 37.1. The van der Waals surface area contributed by atoms with Gasteiger partial charge in [0, 0.05) is 31.6 Å². The Kier molecular flexibility index (Phi) is 3.96. The Morgan fingerprint density at radius 2 is 1.65 bits per heavy atom. The summed E-state index contributed by atoms with van der Waals surface area (Å²) in [4.78, 5) is 24.4. The van der Waals surface area contributed by atoms with Crippen molar-refractivity contribution in [3.63, 3.8) is 0 Å². The van der Waals surface area contributed by atoms with E-state index in [-0.39, 0.29) is 5.78 Å². The Balaban J connectivity index is 1.96. The molecule has 1 fully saturated rings. The Hall–Kier alpha value is -2.05. The fourth-order valence-corrected chi connectivity index (χ4v) is 1.90. The van der Waals surface area contributed by atoms with Crippen LogP contribution in [0.1, 0.15) is 18.4 Å². The van der Waals surface area contributed by atoms with E-state index in [0.717, 1.165) is 12.1 Å². The number of ketones is 1. The van der Waals surface area contributed by atoms with Crippen LogP contribution in [0.25, 0.3) is 0 Å². The topological polar surface area (TPSA) is 49.4 Å². The van der Waals surface area contributed by atoms with Gasteiger partial charge < -0.3 is 10.2 Å². The summed E-state index contributed by atoms with van der Waals surface area (Å²) in [5.74, 6) is 0.114. The molecule has 1 aliphatic heterocycles. The van der Waals surface area contributed by atoms with Crippen LogP contribution in [0.5, 0.6) is 0 Å². The number of benzene rings is 1. The third kappa shape index (κ3) is 3.49. The molecule has 1 N–H and O–H groups in total. The first kappa shape index (κ1) is 14.4. The lowest BCUT2D eigenvalue weighted by molar-refractivity contribution is -0.137. The van der Waals surface area contributed by atoms with Crippen molar-refractivity contribution in [3.05, 3.63) is 29.8 Å². The van der Waals surface area contributed by atoms with Crippen molar-refractivity contribution < 1.29 is 22.8 Å². The quantitative estimate of drug-likeness (QED) is 0.863. The number of alkyl halides is 3. The number of urea groups is 1. The number of nitrogens with zero attached hydrogens (tertiary/aromatic N) is 1. The van der Waals surface area contributed by atoms with E-state index in [2.05, 4.69) is 5.32 Å². The molecule has 0 atom stereocenters. The zero-order chi connectivity index (χ0) is 14.8. The highest BCUT2D eigenvalue weighted by Gasteiger charge is 2.30. The van der Waals surface area contributed by atoms with Gasteiger partial charge in [0.2, 0.25) is 0 Å². The van der Waals surface area contributed by atoms with Crippen LogP contribution in [0, 0.1) is 0 Å². The molecule has 7 heteroatoms. The van der Waals surface area contributed by atoms with Gasteiger partial charge in [-0.1, -0.05) is 0 Å². The SMILES string of the molecule is O=C1CCN(C(=O)Nc2ccc(C(F)(F)F)cc2)CC1. The fraction of sp³-hybridized carbons (Fsp3) is 0.385. The number of halogens is 3. The monoisotopic (exact) mass is 286 g/mol. The fourth-order valence-electron chi connectivity index (χ4n) is 1.90. The van der Waals surface area contributed by atoms with E-state index in [9.17, 15) is 22.8 Å². The maximum Gasteiger partial charge on any atom is 0.416 e. The van der Waals surface area contributed by atoms with Crippen LogP contribution in [0.2, 0.25) is 0 Å². The van der Waals surface area contributed by atoms with E-state index in [1.807, 2.05) is 0 Å². The molecule has 1 aromatic carbocycles. The molecular weight excluding hydrogens is 273 g/mol. The van der Waals surface area contributed by atoms with Crippen LogP contribution in [0.15, 0.2) is 24.3 Å². The van der Waals surface area contributed by atoms with Crippen LogP contribution in [-0.2, 0) is 11.0 Å². The largest absolute Gasteiger partial charge is 0.416 e. The second-order valence-corrected chi connectivity index (χ2v) is 4.53. The number of carbonyl (C=O) groups excluding carboxylic acids is 2. The second-order valence-electron chi connectivity index (χ2n) is 4.53. The summed E-state index contributed by atoms with van der Waals surface area (Å²) in [6.07, 6.45) is -3.75. The van der Waals surface area contributed by atoms with Crippen molar-refractivity contribution in [2.24, 2.45) is 0 Å². The molecule has 0 spiro atoms. The lowest BCUT2D eigenvalue weighted by atomic mass is 10.1. The molecule has 20 heavy (non-hydrogen) atoms. The van der Waals surface area contributed by atoms with Gasteiger partial charge in [-0.15, -0.1) is 0 Å². The number of anilines is 1. The summed E-state index contributed by atoms with van der Waals surface area (Å²) >= 11 is 0. The zero-order valence-corrected chi connectivity index (χ0v) is 10.5. The lowest BCUT2D eigenvalue weighted by Gasteiger charge is -2.26. The van der Waals surface area contributed by atoms with Gasteiger partial charge in [0.25, 0.3) is 0 Å². The molecule has 0 aromatic heterocycles. The van der Waals surface area contributed by atoms with Crippen LogP contribution in [0.4, 0.5) is 23.7 Å². The van der Waals surface area contributed by atoms with E-state index in [4.69, 9.17) is 0 Å². The van der Waals surface area contributed by atoms with E-state index in [0.29, 0.717) is 31.6 Å². The van der Waals surface area contributed by atoms with Gasteiger partial charge in [-0.3, -0.25) is 4.79 Å². The number of amides is 2. The minimum absolute atomic E-state index is 0.114. The average molecular weight is 286 g/mol. The van der Waals surface area contributed by atoms with Gasteiger partial charge in [-0.2, -0.15) is 13.2 Å². The van der Waals surface area contributed by atoms with Crippen molar-refractivity contribution in [3.8, 4) is 0 Å². The summed E-state index contributed by atoms with van der Waals surface area (Å²) in [6.45, 7) is 0.677. The Labute approximate surface area is 113 Å². The summed E-state index contributed by atoms with van der Waals surface area (Å²) in [5, 5.41) is 2.51. The maximum atomic E-state index is 12.4. The van der Waals surface area contributed by atoms with Crippen LogP contribution < -0.4 is 5.32 Å². The molecule has 1 heterocycles. The molecule has 0 bridgehead atoms. The first-order valence-electron chi connectivity index (χ1n) is 6.11. The van der Waals surface area contributed by atoms with Crippen molar-refractivity contribution >= 4 is 17.5 Å². The summed E-state index contributed by atoms with van der Waals surface area (Å²) in [5.41, 5.74) is -0.473. The van der Waals surface area contributed by atoms with Crippen LogP contribution in [-0.4, -0.2) is 29.8 Å². The number of likely N-dealkylation sites (tertiary alicyclic amines) is 1. The highest BCUT2D eigenvalue weighted by Crippen LogP contribution is 2.29. The maximum absolute atomic E-state index is 12.4. The van der Waals surface area contributed by atoms with Crippen molar-refractivity contribution in [1.82, 2.24) is 4.90 Å². The number of Topliss-reactive ketones (excluding diaryl/α,β-unsaturated/α-hetero) is 1. The van der Waals surface area contributed by atoms with Crippen LogP contribution >= 0.6 is 0 Å². The first-order valence-corrected chi connectivity index (χ1v) is 6.11. The molecule has 108 valence electrons. The number of rotatable bonds is 1. The van der Waals surface area contributed by atoms with Crippen molar-refractivity contribution in [2.45, 2.75) is 19.0 Å². The molecule has 2 amide bonds. The Morgan fingerprint density at radius 3 is 2.15 bits per heavy atom. The summed E-state index contributed by atoms with van der Waals surface area (Å²) in [6, 6.07) is 3.83. The minimum atomic E-state index is -4.39. The molecule has 4 nitrogen and oxygen atoms in total. The number of carbonyl (C=O) groups is 2. The van der Waals surface area contributed by atoms with Gasteiger partial charge in [-0.05, 0) is 24.3 Å². The van der Waals surface area contributed by atoms with Gasteiger partial charge in [-0.25, -0.2) is 4.79 Å². The molecule has 2 rings (SSSR count). The molecule has 1 aromatic rings. The predicted octanol–water partition coefficient (Wildman–Crippen LogP) is 2.90. The number of hydrogen-bond acceptors (Lipinski definition) is 2. The normalized spacial score (nSPS) is 16.1. The highest BCUT2D eigenvalue weighted by molar-refractivity contribution is 5.91. The van der Waals surface area contributed by atoms with E-state index in [1.165, 1.54) is 17.0 Å². The van der Waals surface area contributed by atoms with E-state index in [1.54, 1.807) is 0 Å². The number of hydrogen-bond donors (Lipinski definition) is 1. The molecule has 0 aliphatic carbocycles. The lowest BCUT2D eigenvalue weighted by Crippen LogP contribution is -2.41. The van der Waals surface area contributed by atoms with Crippen molar-refractivity contribution in [2.75, 3.05) is 18.4 Å². The standard InChI is InChI=1S/C13H13F3N2O2/c14-13(15,16)9-1-3-10(4-2-9)17-12(20)18-7-5-11(19)6-8-18/h1-4H,5-8H2,(H,17,20). The first-order chi connectivity index (χ1) is 9.36. The predicted molar refractivity (Wildman–Crippen MR) is 66.3 cm³/mol. The molecular formula is C13H13F3N2O2. The number of nitrogens with one attached hydrogen (secondary N) is 1. The van der Waals surface area contributed by atoms with Gasteiger partial charge in [0.05, 0.1) is 5.56 Å². The van der Waals surface area contributed by atoms with E-state index >= 15 is 0 Å². The molecule has 1 aliphatic rings. The van der Waals surface area contributed by atoms with E-state index < -0.39 is 17.8 Å². The molecule has 1 saturated heterocycles. The molecule has 0 radical (unpaired) electrons. The third-order valence-corrected chi connectivity index (χ3v) is 3.07. The Morgan fingerprint density at radius 1 is 1.10 bits per heavy atom. The van der Waals surface area contributed by atoms with Gasteiger partial charge in [0.1, 0.15) is 5.78 Å². The van der Waals surface area contributed by atoms with Gasteiger partial charge >= 0.3 is 12.2 Å². The molecule has 0 saturated carbocycles. The average Bonchev–Trinajstić information content (AvgIpc) is 2.39. The van der Waals surface area contributed by atoms with Crippen molar-refractivity contribution in [1.29, 1.82) is 0 Å². The van der Waals surface area contributed by atoms with Gasteiger partial charge in [0.15, 0.2) is 0 Å². The molecule has 0 unspecified atom stereocenters. The third-order valence-electron chi connectivity index (χ3n) is 3.07. The highest BCUT2D eigenvalue weighted by atomic mass is 19.4. The smallest absolute Gasteiger partial charge is 0.324 e. The van der Waals surface area contributed by atoms with Crippen LogP contribution in [0.3, 0.4) is 0 Å². The zero-order valence-electron chi connectivity index (χ0n) is 10.5. The number of piperidine rings is 1. The summed E-state index contributed by atoms with van der Waals surface area (Å²) in [7, 11) is 0. The Bertz CT molecular complexity index is 501. The minimum Gasteiger partial charge on any atom is -0.324 e. The second kappa shape index (κ2) is 5.52.